The molecular formula is C22H24ClN3O3S. The summed E-state index contributed by atoms with van der Waals surface area (Å²) in [4.78, 5) is 16.9. The summed E-state index contributed by atoms with van der Waals surface area (Å²) in [6.45, 7) is 2.59. The van der Waals surface area contributed by atoms with Crippen molar-refractivity contribution in [3.8, 4) is 0 Å². The van der Waals surface area contributed by atoms with E-state index in [0.717, 1.165) is 22.1 Å². The Morgan fingerprint density at radius 2 is 2.00 bits per heavy atom. The Bertz CT molecular complexity index is 970. The minimum atomic E-state index is -0.706. The van der Waals surface area contributed by atoms with Crippen molar-refractivity contribution >= 4 is 35.0 Å². The van der Waals surface area contributed by atoms with E-state index in [1.165, 1.54) is 11.8 Å². The van der Waals surface area contributed by atoms with Gasteiger partial charge in [0.15, 0.2) is 11.2 Å². The Kier molecular flexibility index (Phi) is 7.79. The predicted octanol–water partition coefficient (Wildman–Crippen LogP) is 4.52. The van der Waals surface area contributed by atoms with Gasteiger partial charge < -0.3 is 19.7 Å². The monoisotopic (exact) mass is 445 g/mol. The van der Waals surface area contributed by atoms with E-state index < -0.39 is 6.04 Å². The molecule has 6 nitrogen and oxygen atoms in total. The Morgan fingerprint density at radius 1 is 1.27 bits per heavy atom. The second kappa shape index (κ2) is 10.5. The number of benzene rings is 2. The predicted molar refractivity (Wildman–Crippen MR) is 120 cm³/mol. The van der Waals surface area contributed by atoms with Crippen molar-refractivity contribution in [2.24, 2.45) is 0 Å². The number of esters is 1. The second-order valence-corrected chi connectivity index (χ2v) is 7.71. The number of halogens is 1. The van der Waals surface area contributed by atoms with Crippen molar-refractivity contribution in [2.75, 3.05) is 18.2 Å². The first kappa shape index (κ1) is 22.2. The summed E-state index contributed by atoms with van der Waals surface area (Å²) in [7, 11) is 0. The Balaban J connectivity index is 1.80. The fraction of sp³-hybridized carbons (Fsp3) is 0.273. The number of thioether (sulfide) groups is 1. The maximum atomic E-state index is 12.5. The lowest BCUT2D eigenvalue weighted by atomic mass is 10.1. The molecule has 0 spiro atoms. The van der Waals surface area contributed by atoms with Gasteiger partial charge in [-0.15, -0.1) is 0 Å². The first-order chi connectivity index (χ1) is 14.6. The van der Waals surface area contributed by atoms with Crippen LogP contribution >= 0.6 is 23.4 Å². The lowest BCUT2D eigenvalue weighted by Gasteiger charge is -2.20. The van der Waals surface area contributed by atoms with Gasteiger partial charge in [0, 0.05) is 22.8 Å². The number of carbonyl (C=O) groups excluding carboxylic acids is 1. The highest BCUT2D eigenvalue weighted by Gasteiger charge is 2.24. The third-order valence-corrected chi connectivity index (χ3v) is 5.63. The van der Waals surface area contributed by atoms with E-state index >= 15 is 0 Å². The molecule has 2 aromatic carbocycles. The molecule has 1 aromatic heterocycles. The van der Waals surface area contributed by atoms with Gasteiger partial charge in [-0.25, -0.2) is 9.78 Å². The van der Waals surface area contributed by atoms with Gasteiger partial charge >= 0.3 is 5.97 Å². The summed E-state index contributed by atoms with van der Waals surface area (Å²) in [6, 6.07) is 14.3. The van der Waals surface area contributed by atoms with Crippen LogP contribution in [0.4, 0.5) is 5.69 Å². The van der Waals surface area contributed by atoms with Gasteiger partial charge in [0.25, 0.3) is 0 Å². The molecule has 0 saturated heterocycles. The molecule has 0 radical (unpaired) electrons. The van der Waals surface area contributed by atoms with Crippen LogP contribution in [-0.2, 0) is 22.7 Å². The molecular weight excluding hydrogens is 422 g/mol. The number of nitrogens with zero attached hydrogens (tertiary/aromatic N) is 2. The molecule has 0 aliphatic rings. The fourth-order valence-electron chi connectivity index (χ4n) is 3.10. The summed E-state index contributed by atoms with van der Waals surface area (Å²) in [5.74, 6) is -0.384. The van der Waals surface area contributed by atoms with Crippen LogP contribution in [0.25, 0.3) is 0 Å². The average molecular weight is 446 g/mol. The number of anilines is 1. The number of ether oxygens (including phenoxy) is 1. The highest BCUT2D eigenvalue weighted by Crippen LogP contribution is 2.28. The summed E-state index contributed by atoms with van der Waals surface area (Å²) in [5.41, 5.74) is 3.25. The lowest BCUT2D eigenvalue weighted by Crippen LogP contribution is -2.23. The minimum Gasteiger partial charge on any atom is -0.464 e. The maximum absolute atomic E-state index is 12.5. The molecule has 3 aromatic rings. The van der Waals surface area contributed by atoms with Crippen LogP contribution in [0, 0.1) is 0 Å². The zero-order chi connectivity index (χ0) is 21.5. The van der Waals surface area contributed by atoms with Crippen molar-refractivity contribution in [3.63, 3.8) is 0 Å². The SMILES string of the molecule is CCOC(=O)C(Nc1ccc(Cn2c(CO)cnc2SC)cc1)c1ccccc1Cl. The van der Waals surface area contributed by atoms with E-state index in [4.69, 9.17) is 16.3 Å². The van der Waals surface area contributed by atoms with Gasteiger partial charge in [-0.2, -0.15) is 0 Å². The van der Waals surface area contributed by atoms with Gasteiger partial charge in [0.05, 0.1) is 25.1 Å². The lowest BCUT2D eigenvalue weighted by molar-refractivity contribution is -0.144. The number of carbonyl (C=O) groups is 1. The molecule has 0 fully saturated rings. The molecule has 3 rings (SSSR count). The quantitative estimate of drug-likeness (QED) is 0.372. The Labute approximate surface area is 185 Å². The van der Waals surface area contributed by atoms with Gasteiger partial charge in [0.1, 0.15) is 0 Å². The summed E-state index contributed by atoms with van der Waals surface area (Å²) >= 11 is 7.85. The van der Waals surface area contributed by atoms with Crippen molar-refractivity contribution in [3.05, 3.63) is 76.6 Å². The minimum absolute atomic E-state index is 0.0632. The second-order valence-electron chi connectivity index (χ2n) is 6.53. The number of hydrogen-bond donors (Lipinski definition) is 2. The van der Waals surface area contributed by atoms with Crippen molar-refractivity contribution in [2.45, 2.75) is 31.3 Å². The zero-order valence-electron chi connectivity index (χ0n) is 16.8. The highest BCUT2D eigenvalue weighted by atomic mass is 35.5. The molecule has 0 saturated carbocycles. The van der Waals surface area contributed by atoms with E-state index in [-0.39, 0.29) is 19.2 Å². The molecule has 2 N–H and O–H groups in total. The van der Waals surface area contributed by atoms with Crippen LogP contribution in [-0.4, -0.2) is 33.5 Å². The topological polar surface area (TPSA) is 76.4 Å². The van der Waals surface area contributed by atoms with E-state index in [1.54, 1.807) is 19.2 Å². The summed E-state index contributed by atoms with van der Waals surface area (Å²) < 4.78 is 7.22. The molecule has 1 atom stereocenters. The fourth-order valence-corrected chi connectivity index (χ4v) is 3.91. The molecule has 8 heteroatoms. The molecule has 1 heterocycles. The third-order valence-electron chi connectivity index (χ3n) is 4.59. The largest absolute Gasteiger partial charge is 0.464 e. The molecule has 30 heavy (non-hydrogen) atoms. The molecule has 0 aliphatic carbocycles. The van der Waals surface area contributed by atoms with Gasteiger partial charge in [-0.1, -0.05) is 53.7 Å². The van der Waals surface area contributed by atoms with Crippen molar-refractivity contribution in [1.82, 2.24) is 9.55 Å². The highest BCUT2D eigenvalue weighted by molar-refractivity contribution is 7.98. The first-order valence-corrected chi connectivity index (χ1v) is 11.1. The molecule has 0 bridgehead atoms. The number of nitrogens with one attached hydrogen (secondary N) is 1. The molecule has 0 aliphatic heterocycles. The molecule has 1 unspecified atom stereocenters. The van der Waals surface area contributed by atoms with Gasteiger partial charge in [-0.05, 0) is 36.9 Å². The number of rotatable bonds is 9. The van der Waals surface area contributed by atoms with Gasteiger partial charge in [0.2, 0.25) is 0 Å². The van der Waals surface area contributed by atoms with E-state index in [1.807, 2.05) is 53.3 Å². The van der Waals surface area contributed by atoms with E-state index in [0.29, 0.717) is 17.1 Å². The van der Waals surface area contributed by atoms with Gasteiger partial charge in [-0.3, -0.25) is 0 Å². The standard InChI is InChI=1S/C22H24ClN3O3S/c1-3-29-21(28)20(18-6-4-5-7-19(18)23)25-16-10-8-15(9-11-16)13-26-17(14-27)12-24-22(26)30-2/h4-12,20,25,27H,3,13-14H2,1-2H3. The van der Waals surface area contributed by atoms with Crippen LogP contribution in [0.15, 0.2) is 59.9 Å². The van der Waals surface area contributed by atoms with Crippen LogP contribution < -0.4 is 5.32 Å². The molecule has 0 amide bonds. The van der Waals surface area contributed by atoms with Crippen LogP contribution in [0.2, 0.25) is 5.02 Å². The Hall–Kier alpha value is -2.48. The number of aromatic nitrogens is 2. The number of imidazole rings is 1. The summed E-state index contributed by atoms with van der Waals surface area (Å²) in [6.07, 6.45) is 3.65. The van der Waals surface area contributed by atoms with E-state index in [2.05, 4.69) is 10.3 Å². The van der Waals surface area contributed by atoms with Crippen LogP contribution in [0.5, 0.6) is 0 Å². The number of aliphatic hydroxyl groups excluding tert-OH is 1. The van der Waals surface area contributed by atoms with Crippen LogP contribution in [0.3, 0.4) is 0 Å². The van der Waals surface area contributed by atoms with Crippen LogP contribution in [0.1, 0.15) is 29.8 Å². The maximum Gasteiger partial charge on any atom is 0.333 e. The smallest absolute Gasteiger partial charge is 0.333 e. The number of hydrogen-bond acceptors (Lipinski definition) is 6. The normalized spacial score (nSPS) is 11.9. The average Bonchev–Trinajstić information content (AvgIpc) is 3.15. The van der Waals surface area contributed by atoms with Crippen molar-refractivity contribution in [1.29, 1.82) is 0 Å². The first-order valence-electron chi connectivity index (χ1n) is 9.53. The number of aliphatic hydroxyl groups is 1. The third kappa shape index (κ3) is 5.16. The van der Waals surface area contributed by atoms with E-state index in [9.17, 15) is 9.90 Å². The summed E-state index contributed by atoms with van der Waals surface area (Å²) in [5, 5.41) is 14.1. The van der Waals surface area contributed by atoms with Crippen molar-refractivity contribution < 1.29 is 14.6 Å². The zero-order valence-corrected chi connectivity index (χ0v) is 18.4. The molecule has 158 valence electrons. The Morgan fingerprint density at radius 3 is 2.63 bits per heavy atom.